The van der Waals surface area contributed by atoms with Gasteiger partial charge in [-0.3, -0.25) is 4.79 Å². The van der Waals surface area contributed by atoms with Gasteiger partial charge >= 0.3 is 0 Å². The minimum absolute atomic E-state index is 0.0260. The molecule has 0 saturated carbocycles. The maximum absolute atomic E-state index is 11.5. The van der Waals surface area contributed by atoms with Crippen LogP contribution in [0.5, 0.6) is 0 Å². The lowest BCUT2D eigenvalue weighted by atomic mass is 9.73. The Labute approximate surface area is 249 Å². The fraction of sp³-hybridized carbons (Fsp3) is 0.892. The van der Waals surface area contributed by atoms with E-state index in [9.17, 15) is 4.79 Å². The lowest BCUT2D eigenvalue weighted by Crippen LogP contribution is -2.32. The Morgan fingerprint density at radius 3 is 0.641 bits per heavy atom. The first kappa shape index (κ1) is 45.1. The van der Waals surface area contributed by atoms with E-state index in [2.05, 4.69) is 131 Å². The summed E-state index contributed by atoms with van der Waals surface area (Å²) in [6, 6.07) is 0. The molecule has 0 bridgehead atoms. The second-order valence-corrected chi connectivity index (χ2v) is 20.0. The van der Waals surface area contributed by atoms with Crippen LogP contribution in [-0.2, 0) is 4.79 Å². The van der Waals surface area contributed by atoms with E-state index >= 15 is 0 Å². The molecule has 0 atom stereocenters. The van der Waals surface area contributed by atoms with Gasteiger partial charge in [0.25, 0.3) is 0 Å². The molecule has 2 nitrogen and oxygen atoms in total. The maximum atomic E-state index is 11.5. The minimum atomic E-state index is -0.196. The van der Waals surface area contributed by atoms with E-state index in [1.807, 2.05) is 41.5 Å². The van der Waals surface area contributed by atoms with Crippen molar-refractivity contribution in [1.82, 2.24) is 0 Å². The molecule has 236 valence electrons. The first-order valence-corrected chi connectivity index (χ1v) is 15.0. The van der Waals surface area contributed by atoms with Gasteiger partial charge < -0.3 is 5.41 Å². The highest BCUT2D eigenvalue weighted by atomic mass is 16.1. The Balaban J connectivity index is -0.000000210. The summed E-state index contributed by atoms with van der Waals surface area (Å²) in [7, 11) is 0. The Morgan fingerprint density at radius 1 is 0.436 bits per heavy atom. The summed E-state index contributed by atoms with van der Waals surface area (Å²) in [4.78, 5) is 11.5. The highest BCUT2D eigenvalue weighted by molar-refractivity contribution is 5.90. The Hall–Kier alpha value is -0.920. The van der Waals surface area contributed by atoms with Crippen LogP contribution in [0, 0.1) is 48.7 Å². The summed E-state index contributed by atoms with van der Waals surface area (Å²) in [6.45, 7) is 55.3. The zero-order valence-corrected chi connectivity index (χ0v) is 31.8. The molecule has 0 aliphatic carbocycles. The Morgan fingerprint density at radius 2 is 0.641 bits per heavy atom. The van der Waals surface area contributed by atoms with Crippen LogP contribution in [0.25, 0.3) is 0 Å². The van der Waals surface area contributed by atoms with E-state index in [-0.39, 0.29) is 32.5 Å². The van der Waals surface area contributed by atoms with Gasteiger partial charge in [-0.1, -0.05) is 178 Å². The highest BCUT2D eigenvalue weighted by Crippen LogP contribution is 2.37. The van der Waals surface area contributed by atoms with E-state index in [1.165, 1.54) is 12.0 Å². The molecule has 0 heterocycles. The van der Waals surface area contributed by atoms with Crippen LogP contribution in [0.1, 0.15) is 173 Å². The van der Waals surface area contributed by atoms with Gasteiger partial charge in [0, 0.05) is 27.4 Å². The number of Topliss-reactive ketones (excluding diaryl/α,β-unsaturated/α-hetero) is 1. The molecule has 0 aromatic heterocycles. The number of hydrogen-bond acceptors (Lipinski definition) is 2. The molecule has 0 radical (unpaired) electrons. The van der Waals surface area contributed by atoms with Crippen LogP contribution in [0.4, 0.5) is 0 Å². The third-order valence-electron chi connectivity index (χ3n) is 5.73. The van der Waals surface area contributed by atoms with Gasteiger partial charge in [-0.2, -0.15) is 0 Å². The van der Waals surface area contributed by atoms with Crippen molar-refractivity contribution >= 4 is 11.5 Å². The second kappa shape index (κ2) is 14.8. The molecular weight excluding hydrogens is 474 g/mol. The zero-order chi connectivity index (χ0) is 33.4. The van der Waals surface area contributed by atoms with E-state index in [4.69, 9.17) is 5.41 Å². The number of ketones is 1. The summed E-state index contributed by atoms with van der Waals surface area (Å²) >= 11 is 0. The Kier molecular flexibility index (Phi) is 17.1. The molecule has 0 spiro atoms. The highest BCUT2D eigenvalue weighted by Gasteiger charge is 2.32. The third kappa shape index (κ3) is 27.0. The number of rotatable bonds is 0. The van der Waals surface area contributed by atoms with Crippen molar-refractivity contribution in [2.24, 2.45) is 43.3 Å². The summed E-state index contributed by atoms with van der Waals surface area (Å²) in [5.41, 5.74) is 3.26. The van der Waals surface area contributed by atoms with Crippen molar-refractivity contribution in [1.29, 1.82) is 5.41 Å². The van der Waals surface area contributed by atoms with Crippen LogP contribution < -0.4 is 0 Å². The molecular formula is C37H77NO. The molecule has 0 amide bonds. The summed E-state index contributed by atoms with van der Waals surface area (Å²) in [5, 5.41) is 7.79. The SMILES string of the molecule is C=C(C(C)(C)C)C(C)(C)C.CC(C)(C)C(=N)C(C)(C)C.CC(C)(C)C(=O)C(C)(C)C.CC(C)(C)CC(C)(C)C. The van der Waals surface area contributed by atoms with Crippen LogP contribution in [-0.4, -0.2) is 11.5 Å². The number of carbonyl (C=O) groups is 1. The van der Waals surface area contributed by atoms with Gasteiger partial charge in [0.2, 0.25) is 0 Å². The van der Waals surface area contributed by atoms with Crippen molar-refractivity contribution < 1.29 is 4.79 Å². The molecule has 39 heavy (non-hydrogen) atoms. The topological polar surface area (TPSA) is 40.9 Å². The predicted molar refractivity (Wildman–Crippen MR) is 182 cm³/mol. The van der Waals surface area contributed by atoms with Gasteiger partial charge in [-0.25, -0.2) is 0 Å². The molecule has 0 unspecified atom stereocenters. The van der Waals surface area contributed by atoms with Crippen LogP contribution in [0.3, 0.4) is 0 Å². The third-order valence-corrected chi connectivity index (χ3v) is 5.73. The molecule has 0 aliphatic heterocycles. The van der Waals surface area contributed by atoms with Crippen molar-refractivity contribution in [3.05, 3.63) is 12.2 Å². The number of carbonyl (C=O) groups excluding carboxylic acids is 1. The Bertz CT molecular complexity index is 593. The minimum Gasteiger partial charge on any atom is -0.309 e. The van der Waals surface area contributed by atoms with E-state index in [0.29, 0.717) is 16.6 Å². The largest absolute Gasteiger partial charge is 0.309 e. The van der Waals surface area contributed by atoms with Crippen LogP contribution in [0.15, 0.2) is 12.2 Å². The van der Waals surface area contributed by atoms with E-state index in [1.54, 1.807) is 0 Å². The molecule has 0 aromatic carbocycles. The molecule has 2 heteroatoms. The monoisotopic (exact) mass is 552 g/mol. The quantitative estimate of drug-likeness (QED) is 0.236. The molecule has 0 aliphatic rings. The van der Waals surface area contributed by atoms with Gasteiger partial charge in [0.1, 0.15) is 5.78 Å². The molecule has 0 fully saturated rings. The molecule has 1 N–H and O–H groups in total. The number of allylic oxidation sites excluding steroid dienone is 1. The van der Waals surface area contributed by atoms with Crippen LogP contribution >= 0.6 is 0 Å². The van der Waals surface area contributed by atoms with Crippen LogP contribution in [0.2, 0.25) is 0 Å². The fourth-order valence-corrected chi connectivity index (χ4v) is 4.97. The van der Waals surface area contributed by atoms with Gasteiger partial charge in [0.05, 0.1) is 0 Å². The lowest BCUT2D eigenvalue weighted by Gasteiger charge is -2.32. The fourth-order valence-electron chi connectivity index (χ4n) is 4.97. The summed E-state index contributed by atoms with van der Waals surface area (Å²) < 4.78 is 0. The normalized spacial score (nSPS) is 13.5. The van der Waals surface area contributed by atoms with Gasteiger partial charge in [0.15, 0.2) is 0 Å². The summed E-state index contributed by atoms with van der Waals surface area (Å²) in [6.07, 6.45) is 1.29. The van der Waals surface area contributed by atoms with Crippen molar-refractivity contribution in [2.75, 3.05) is 0 Å². The predicted octanol–water partition coefficient (Wildman–Crippen LogP) is 12.8. The maximum Gasteiger partial charge on any atom is 0.143 e. The standard InChI is InChI=1S/C10H20.C9H19N.C9H18O.C9H20/c1-8(9(2,3)4)10(5,6)7;2*1-8(2,3)7(10)9(4,5)6;1-8(2,3)7-9(4,5)6/h1H2,2-7H3;10H,1-6H3;1-6H3;7H2,1-6H3. The first-order valence-electron chi connectivity index (χ1n) is 15.0. The number of hydrogen-bond donors (Lipinski definition) is 1. The smallest absolute Gasteiger partial charge is 0.143 e. The molecule has 0 aromatic rings. The molecule has 0 saturated heterocycles. The average Bonchev–Trinajstić information content (AvgIpc) is 2.53. The van der Waals surface area contributed by atoms with E-state index < -0.39 is 0 Å². The number of nitrogens with one attached hydrogen (secondary N) is 1. The van der Waals surface area contributed by atoms with E-state index in [0.717, 1.165) is 5.71 Å². The lowest BCUT2D eigenvalue weighted by molar-refractivity contribution is -0.134. The zero-order valence-electron chi connectivity index (χ0n) is 31.8. The van der Waals surface area contributed by atoms with Gasteiger partial charge in [-0.05, 0) is 28.1 Å². The van der Waals surface area contributed by atoms with Crippen molar-refractivity contribution in [3.63, 3.8) is 0 Å². The average molecular weight is 552 g/mol. The van der Waals surface area contributed by atoms with Crippen molar-refractivity contribution in [2.45, 2.75) is 173 Å². The second-order valence-electron chi connectivity index (χ2n) is 20.0. The van der Waals surface area contributed by atoms with Gasteiger partial charge in [-0.15, -0.1) is 0 Å². The molecule has 0 rings (SSSR count). The summed E-state index contributed by atoms with van der Waals surface area (Å²) in [5.74, 6) is 0.319. The first-order chi connectivity index (χ1) is 16.2. The van der Waals surface area contributed by atoms with Crippen molar-refractivity contribution in [3.8, 4) is 0 Å².